The van der Waals surface area contributed by atoms with Crippen molar-refractivity contribution in [1.29, 1.82) is 0 Å². The smallest absolute Gasteiger partial charge is 0.408 e. The van der Waals surface area contributed by atoms with Crippen molar-refractivity contribution < 1.29 is 28.4 Å². The molecule has 2 heterocycles. The van der Waals surface area contributed by atoms with Gasteiger partial charge in [-0.25, -0.2) is 9.59 Å². The van der Waals surface area contributed by atoms with E-state index in [-0.39, 0.29) is 42.4 Å². The van der Waals surface area contributed by atoms with Gasteiger partial charge in [-0.2, -0.15) is 4.98 Å². The molecule has 0 radical (unpaired) electrons. The number of benzene rings is 1. The molecule has 1 aliphatic heterocycles. The Morgan fingerprint density at radius 2 is 1.94 bits per heavy atom. The van der Waals surface area contributed by atoms with Crippen LogP contribution in [0.25, 0.3) is 11.5 Å². The molecule has 11 heteroatoms. The Bertz CT molecular complexity index is 1090. The van der Waals surface area contributed by atoms with Gasteiger partial charge in [-0.15, -0.1) is 0 Å². The first-order valence-corrected chi connectivity index (χ1v) is 11.5. The number of hydrogen-bond donors (Lipinski definition) is 2. The Balaban J connectivity index is 1.84. The highest BCUT2D eigenvalue weighted by atomic mass is 16.6. The monoisotopic (exact) mass is 487 g/mol. The third kappa shape index (κ3) is 6.71. The van der Waals surface area contributed by atoms with E-state index >= 15 is 0 Å². The zero-order valence-electron chi connectivity index (χ0n) is 21.2. The van der Waals surface area contributed by atoms with Crippen LogP contribution in [0.1, 0.15) is 72.3 Å². The third-order valence-electron chi connectivity index (χ3n) is 5.16. The first-order chi connectivity index (χ1) is 16.3. The lowest BCUT2D eigenvalue weighted by Gasteiger charge is -2.39. The first kappa shape index (κ1) is 26.0. The predicted molar refractivity (Wildman–Crippen MR) is 128 cm³/mol. The lowest BCUT2D eigenvalue weighted by atomic mass is 9.90. The maximum absolute atomic E-state index is 12.3. The van der Waals surface area contributed by atoms with E-state index < -0.39 is 17.8 Å². The Kier molecular flexibility index (Phi) is 7.67. The van der Waals surface area contributed by atoms with Gasteiger partial charge in [0.1, 0.15) is 5.60 Å². The number of amides is 3. The van der Waals surface area contributed by atoms with Gasteiger partial charge in [0, 0.05) is 24.2 Å². The topological polar surface area (TPSA) is 136 Å². The van der Waals surface area contributed by atoms with E-state index in [0.29, 0.717) is 17.7 Å². The number of carbonyl (C=O) groups is 3. The quantitative estimate of drug-likeness (QED) is 0.644. The summed E-state index contributed by atoms with van der Waals surface area (Å²) in [7, 11) is 0. The fraction of sp³-hybridized carbons (Fsp3) is 0.542. The maximum atomic E-state index is 12.3. The van der Waals surface area contributed by atoms with Crippen LogP contribution in [0.5, 0.6) is 0 Å². The second-order valence-electron chi connectivity index (χ2n) is 9.77. The van der Waals surface area contributed by atoms with Crippen LogP contribution in [0.3, 0.4) is 0 Å². The van der Waals surface area contributed by atoms with Gasteiger partial charge in [0.25, 0.3) is 5.89 Å². The molecule has 2 atom stereocenters. The molecule has 0 spiro atoms. The van der Waals surface area contributed by atoms with Gasteiger partial charge < -0.3 is 29.5 Å². The molecule has 1 aliphatic rings. The molecule has 11 nitrogen and oxygen atoms in total. The molecular formula is C24H33N5O6. The van der Waals surface area contributed by atoms with E-state index in [9.17, 15) is 14.4 Å². The van der Waals surface area contributed by atoms with Crippen LogP contribution >= 0.6 is 0 Å². The van der Waals surface area contributed by atoms with E-state index in [0.717, 1.165) is 5.56 Å². The number of rotatable bonds is 5. The van der Waals surface area contributed by atoms with Gasteiger partial charge in [0.2, 0.25) is 5.91 Å². The highest BCUT2D eigenvalue weighted by Crippen LogP contribution is 2.39. The maximum Gasteiger partial charge on any atom is 0.408 e. The Labute approximate surface area is 204 Å². The molecule has 35 heavy (non-hydrogen) atoms. The largest absolute Gasteiger partial charge is 0.447 e. The van der Waals surface area contributed by atoms with Crippen LogP contribution in [0, 0.1) is 0 Å². The van der Waals surface area contributed by atoms with E-state index in [1.54, 1.807) is 51.7 Å². The minimum Gasteiger partial charge on any atom is -0.447 e. The molecule has 2 unspecified atom stereocenters. The summed E-state index contributed by atoms with van der Waals surface area (Å²) in [6.45, 7) is 12.3. The number of aromatic nitrogens is 2. The summed E-state index contributed by atoms with van der Waals surface area (Å²) in [6, 6.07) is 4.89. The van der Waals surface area contributed by atoms with Crippen molar-refractivity contribution in [3.05, 3.63) is 29.6 Å². The minimum atomic E-state index is -0.618. The molecule has 0 saturated carbocycles. The van der Waals surface area contributed by atoms with Gasteiger partial charge in [-0.3, -0.25) is 4.79 Å². The molecule has 0 aliphatic carbocycles. The van der Waals surface area contributed by atoms with Crippen LogP contribution in [0.4, 0.5) is 15.3 Å². The van der Waals surface area contributed by atoms with Gasteiger partial charge in [-0.05, 0) is 71.7 Å². The number of anilines is 1. The SMILES string of the molecule is CC(=O)N1c2ccc(-c3nc(CNC(=O)OC(C)(C)C)no3)cc2C(NC(=O)OC(C)C)CC1C. The van der Waals surface area contributed by atoms with Crippen LogP contribution in [0.2, 0.25) is 0 Å². The van der Waals surface area contributed by atoms with E-state index in [2.05, 4.69) is 20.8 Å². The Morgan fingerprint density at radius 3 is 2.57 bits per heavy atom. The molecule has 0 fully saturated rings. The van der Waals surface area contributed by atoms with E-state index in [1.165, 1.54) is 6.92 Å². The molecule has 2 aromatic rings. The van der Waals surface area contributed by atoms with Crippen molar-refractivity contribution >= 4 is 23.8 Å². The number of fused-ring (bicyclic) bond motifs is 1. The predicted octanol–water partition coefficient (Wildman–Crippen LogP) is 4.08. The molecule has 0 bridgehead atoms. The molecule has 0 saturated heterocycles. The standard InChI is InChI=1S/C24H33N5O6/c1-13(2)33-23(32)26-18-10-14(3)29(15(4)30)19-9-8-16(11-17(18)19)21-27-20(28-35-21)12-25-22(31)34-24(5,6)7/h8-9,11,13-14,18H,10,12H2,1-7H3,(H,25,31)(H,26,32). The van der Waals surface area contributed by atoms with E-state index in [1.807, 2.05) is 13.0 Å². The van der Waals surface area contributed by atoms with Crippen LogP contribution < -0.4 is 15.5 Å². The van der Waals surface area contributed by atoms with Crippen molar-refractivity contribution in [3.63, 3.8) is 0 Å². The van der Waals surface area contributed by atoms with Crippen LogP contribution in [-0.2, 0) is 20.8 Å². The summed E-state index contributed by atoms with van der Waals surface area (Å²) in [6.07, 6.45) is -0.865. The average molecular weight is 488 g/mol. The van der Waals surface area contributed by atoms with Crippen molar-refractivity contribution in [3.8, 4) is 11.5 Å². The number of hydrogen-bond acceptors (Lipinski definition) is 8. The summed E-state index contributed by atoms with van der Waals surface area (Å²) in [5.41, 5.74) is 1.43. The number of ether oxygens (including phenoxy) is 2. The number of nitrogens with one attached hydrogen (secondary N) is 2. The van der Waals surface area contributed by atoms with Gasteiger partial charge in [0.15, 0.2) is 5.82 Å². The van der Waals surface area contributed by atoms with Crippen molar-refractivity contribution in [1.82, 2.24) is 20.8 Å². The summed E-state index contributed by atoms with van der Waals surface area (Å²) < 4.78 is 15.9. The fourth-order valence-electron chi connectivity index (χ4n) is 3.91. The van der Waals surface area contributed by atoms with Gasteiger partial charge >= 0.3 is 12.2 Å². The second-order valence-corrected chi connectivity index (χ2v) is 9.77. The lowest BCUT2D eigenvalue weighted by molar-refractivity contribution is -0.117. The summed E-state index contributed by atoms with van der Waals surface area (Å²) >= 11 is 0. The molecule has 190 valence electrons. The fourth-order valence-corrected chi connectivity index (χ4v) is 3.91. The highest BCUT2D eigenvalue weighted by Gasteiger charge is 2.34. The summed E-state index contributed by atoms with van der Waals surface area (Å²) in [5.74, 6) is 0.422. The Hall–Kier alpha value is -3.63. The highest BCUT2D eigenvalue weighted by molar-refractivity contribution is 5.94. The molecular weight excluding hydrogens is 454 g/mol. The van der Waals surface area contributed by atoms with Crippen LogP contribution in [0.15, 0.2) is 22.7 Å². The second kappa shape index (κ2) is 10.3. The average Bonchev–Trinajstić information content (AvgIpc) is 3.19. The third-order valence-corrected chi connectivity index (χ3v) is 5.16. The molecule has 2 N–H and O–H groups in total. The first-order valence-electron chi connectivity index (χ1n) is 11.5. The number of carbonyl (C=O) groups excluding carboxylic acids is 3. The molecule has 3 rings (SSSR count). The molecule has 1 aromatic carbocycles. The van der Waals surface area contributed by atoms with Crippen molar-refractivity contribution in [2.45, 2.75) is 85.2 Å². The zero-order chi connectivity index (χ0) is 25.9. The minimum absolute atomic E-state index is 0.0320. The zero-order valence-corrected chi connectivity index (χ0v) is 21.2. The molecule has 1 aromatic heterocycles. The van der Waals surface area contributed by atoms with Gasteiger partial charge in [-0.1, -0.05) is 5.16 Å². The van der Waals surface area contributed by atoms with Gasteiger partial charge in [0.05, 0.1) is 18.7 Å². The normalized spacial score (nSPS) is 17.5. The van der Waals surface area contributed by atoms with E-state index in [4.69, 9.17) is 14.0 Å². The molecule has 3 amide bonds. The Morgan fingerprint density at radius 1 is 1.23 bits per heavy atom. The summed E-state index contributed by atoms with van der Waals surface area (Å²) in [4.78, 5) is 42.6. The van der Waals surface area contributed by atoms with Crippen molar-refractivity contribution in [2.75, 3.05) is 4.90 Å². The summed E-state index contributed by atoms with van der Waals surface area (Å²) in [5, 5.41) is 9.41. The number of alkyl carbamates (subject to hydrolysis) is 2. The number of nitrogens with zero attached hydrogens (tertiary/aromatic N) is 3. The van der Waals surface area contributed by atoms with Crippen molar-refractivity contribution in [2.24, 2.45) is 0 Å². The van der Waals surface area contributed by atoms with Crippen LogP contribution in [-0.4, -0.2) is 46.0 Å². The lowest BCUT2D eigenvalue weighted by Crippen LogP contribution is -2.45.